The lowest BCUT2D eigenvalue weighted by molar-refractivity contribution is -0.00539. The Morgan fingerprint density at radius 1 is 1.33 bits per heavy atom. The number of urea groups is 1. The molecule has 2 unspecified atom stereocenters. The lowest BCUT2D eigenvalue weighted by Gasteiger charge is -2.37. The fraction of sp³-hybridized carbons (Fsp3) is 0.533. The quantitative estimate of drug-likeness (QED) is 0.912. The average molecular weight is 295 g/mol. The number of ether oxygens (including phenoxy) is 1. The SMILES string of the molecule is CC1CN(c2ccc(NC(=O)N(C)C)cc2F)CC(C)O1. The Hall–Kier alpha value is -1.82. The van der Waals surface area contributed by atoms with Crippen LogP contribution >= 0.6 is 0 Å². The number of nitrogens with one attached hydrogen (secondary N) is 1. The molecule has 21 heavy (non-hydrogen) atoms. The van der Waals surface area contributed by atoms with Gasteiger partial charge in [0.1, 0.15) is 5.82 Å². The fourth-order valence-electron chi connectivity index (χ4n) is 2.45. The van der Waals surface area contributed by atoms with E-state index in [0.29, 0.717) is 24.5 Å². The second-order valence-electron chi connectivity index (χ2n) is 5.65. The van der Waals surface area contributed by atoms with E-state index >= 15 is 0 Å². The van der Waals surface area contributed by atoms with Crippen molar-refractivity contribution < 1.29 is 13.9 Å². The Kier molecular flexibility index (Phi) is 4.67. The molecule has 2 amide bonds. The zero-order valence-corrected chi connectivity index (χ0v) is 12.9. The Bertz CT molecular complexity index is 512. The molecule has 1 aromatic carbocycles. The van der Waals surface area contributed by atoms with E-state index < -0.39 is 0 Å². The summed E-state index contributed by atoms with van der Waals surface area (Å²) in [5, 5.41) is 2.63. The first-order chi connectivity index (χ1) is 9.86. The molecule has 0 bridgehead atoms. The maximum absolute atomic E-state index is 14.3. The zero-order valence-electron chi connectivity index (χ0n) is 12.9. The van der Waals surface area contributed by atoms with Gasteiger partial charge in [0.05, 0.1) is 17.9 Å². The van der Waals surface area contributed by atoms with Crippen LogP contribution in [0.5, 0.6) is 0 Å². The van der Waals surface area contributed by atoms with Crippen LogP contribution in [0.4, 0.5) is 20.6 Å². The molecule has 0 saturated carbocycles. The van der Waals surface area contributed by atoms with E-state index in [9.17, 15) is 9.18 Å². The third kappa shape index (κ3) is 3.85. The number of carbonyl (C=O) groups is 1. The first kappa shape index (κ1) is 15.6. The molecule has 0 aliphatic carbocycles. The average Bonchev–Trinajstić information content (AvgIpc) is 2.37. The molecule has 1 heterocycles. The number of rotatable bonds is 2. The number of anilines is 2. The van der Waals surface area contributed by atoms with Crippen LogP contribution in [0.25, 0.3) is 0 Å². The number of halogens is 1. The van der Waals surface area contributed by atoms with Crippen LogP contribution in [0.3, 0.4) is 0 Å². The Balaban J connectivity index is 2.13. The Morgan fingerprint density at radius 2 is 1.95 bits per heavy atom. The van der Waals surface area contributed by atoms with Crippen molar-refractivity contribution in [3.8, 4) is 0 Å². The molecule has 0 spiro atoms. The van der Waals surface area contributed by atoms with E-state index in [1.165, 1.54) is 11.0 Å². The molecule has 1 saturated heterocycles. The molecule has 2 atom stereocenters. The third-order valence-electron chi connectivity index (χ3n) is 3.37. The van der Waals surface area contributed by atoms with E-state index in [1.54, 1.807) is 26.2 Å². The van der Waals surface area contributed by atoms with E-state index in [4.69, 9.17) is 4.74 Å². The summed E-state index contributed by atoms with van der Waals surface area (Å²) in [4.78, 5) is 14.9. The van der Waals surface area contributed by atoms with Crippen molar-refractivity contribution in [2.24, 2.45) is 0 Å². The van der Waals surface area contributed by atoms with Crippen molar-refractivity contribution in [1.82, 2.24) is 4.90 Å². The van der Waals surface area contributed by atoms with Crippen molar-refractivity contribution in [3.05, 3.63) is 24.0 Å². The molecule has 2 rings (SSSR count). The Labute approximate surface area is 124 Å². The summed E-state index contributed by atoms with van der Waals surface area (Å²) in [6.07, 6.45) is 0.141. The van der Waals surface area contributed by atoms with Crippen LogP contribution in [0.15, 0.2) is 18.2 Å². The van der Waals surface area contributed by atoms with Gasteiger partial charge in [0, 0.05) is 32.9 Å². The highest BCUT2D eigenvalue weighted by Crippen LogP contribution is 2.26. The van der Waals surface area contributed by atoms with E-state index in [-0.39, 0.29) is 24.1 Å². The first-order valence-electron chi connectivity index (χ1n) is 7.05. The highest BCUT2D eigenvalue weighted by Gasteiger charge is 2.24. The predicted octanol–water partition coefficient (Wildman–Crippen LogP) is 2.53. The molecule has 116 valence electrons. The van der Waals surface area contributed by atoms with Gasteiger partial charge in [-0.05, 0) is 32.0 Å². The molecule has 5 nitrogen and oxygen atoms in total. The van der Waals surface area contributed by atoms with Gasteiger partial charge in [-0.1, -0.05) is 0 Å². The first-order valence-corrected chi connectivity index (χ1v) is 7.05. The van der Waals surface area contributed by atoms with Crippen molar-refractivity contribution in [3.63, 3.8) is 0 Å². The molecule has 0 radical (unpaired) electrons. The third-order valence-corrected chi connectivity index (χ3v) is 3.37. The van der Waals surface area contributed by atoms with Crippen molar-refractivity contribution in [2.45, 2.75) is 26.1 Å². The molecule has 0 aromatic heterocycles. The topological polar surface area (TPSA) is 44.8 Å². The van der Waals surface area contributed by atoms with Gasteiger partial charge in [-0.25, -0.2) is 9.18 Å². The summed E-state index contributed by atoms with van der Waals surface area (Å²) in [5.41, 5.74) is 0.990. The van der Waals surface area contributed by atoms with Gasteiger partial charge >= 0.3 is 6.03 Å². The monoisotopic (exact) mass is 295 g/mol. The zero-order chi connectivity index (χ0) is 15.6. The van der Waals surface area contributed by atoms with Gasteiger partial charge in [-0.15, -0.1) is 0 Å². The minimum absolute atomic E-state index is 0.0706. The summed E-state index contributed by atoms with van der Waals surface area (Å²) in [6, 6.07) is 4.48. The minimum Gasteiger partial charge on any atom is -0.372 e. The predicted molar refractivity (Wildman–Crippen MR) is 81.3 cm³/mol. The Morgan fingerprint density at radius 3 is 2.48 bits per heavy atom. The van der Waals surface area contributed by atoms with Crippen LogP contribution in [-0.2, 0) is 4.74 Å². The standard InChI is InChI=1S/C15H22FN3O2/c1-10-8-19(9-11(2)21-10)14-6-5-12(7-13(14)16)17-15(20)18(3)4/h5-7,10-11H,8-9H2,1-4H3,(H,17,20). The number of morpholine rings is 1. The van der Waals surface area contributed by atoms with Gasteiger partial charge in [-0.3, -0.25) is 0 Å². The van der Waals surface area contributed by atoms with Crippen LogP contribution in [0.2, 0.25) is 0 Å². The normalized spacial score (nSPS) is 22.0. The number of hydrogen-bond donors (Lipinski definition) is 1. The van der Waals surface area contributed by atoms with Gasteiger partial charge in [-0.2, -0.15) is 0 Å². The largest absolute Gasteiger partial charge is 0.372 e. The van der Waals surface area contributed by atoms with Crippen LogP contribution in [0, 0.1) is 5.82 Å². The molecule has 1 aliphatic rings. The van der Waals surface area contributed by atoms with E-state index in [1.807, 2.05) is 18.7 Å². The van der Waals surface area contributed by atoms with Gasteiger partial charge < -0.3 is 19.9 Å². The molecular weight excluding hydrogens is 273 g/mol. The molecule has 1 aliphatic heterocycles. The smallest absolute Gasteiger partial charge is 0.321 e. The van der Waals surface area contributed by atoms with E-state index in [2.05, 4.69) is 5.32 Å². The van der Waals surface area contributed by atoms with Gasteiger partial charge in [0.15, 0.2) is 0 Å². The number of hydrogen-bond acceptors (Lipinski definition) is 3. The number of nitrogens with zero attached hydrogens (tertiary/aromatic N) is 2. The summed E-state index contributed by atoms with van der Waals surface area (Å²) >= 11 is 0. The molecule has 6 heteroatoms. The lowest BCUT2D eigenvalue weighted by Crippen LogP contribution is -2.45. The number of carbonyl (C=O) groups excluding carboxylic acids is 1. The summed E-state index contributed by atoms with van der Waals surface area (Å²) < 4.78 is 19.9. The second kappa shape index (κ2) is 6.30. The van der Waals surface area contributed by atoms with Gasteiger partial charge in [0.25, 0.3) is 0 Å². The second-order valence-corrected chi connectivity index (χ2v) is 5.65. The molecule has 1 fully saturated rings. The van der Waals surface area contributed by atoms with Crippen molar-refractivity contribution >= 4 is 17.4 Å². The maximum atomic E-state index is 14.3. The highest BCUT2D eigenvalue weighted by atomic mass is 19.1. The van der Waals surface area contributed by atoms with Crippen molar-refractivity contribution in [2.75, 3.05) is 37.4 Å². The van der Waals surface area contributed by atoms with Crippen LogP contribution in [0.1, 0.15) is 13.8 Å². The fourth-order valence-corrected chi connectivity index (χ4v) is 2.45. The summed E-state index contributed by atoms with van der Waals surface area (Å²) in [5.74, 6) is -0.340. The van der Waals surface area contributed by atoms with Crippen LogP contribution < -0.4 is 10.2 Å². The minimum atomic E-state index is -0.340. The number of benzene rings is 1. The maximum Gasteiger partial charge on any atom is 0.321 e. The highest BCUT2D eigenvalue weighted by molar-refractivity contribution is 5.89. The number of amides is 2. The molecule has 1 N–H and O–H groups in total. The van der Waals surface area contributed by atoms with Gasteiger partial charge in [0.2, 0.25) is 0 Å². The van der Waals surface area contributed by atoms with Crippen molar-refractivity contribution in [1.29, 1.82) is 0 Å². The summed E-state index contributed by atoms with van der Waals surface area (Å²) in [6.45, 7) is 5.27. The summed E-state index contributed by atoms with van der Waals surface area (Å²) in [7, 11) is 3.27. The molecule has 1 aromatic rings. The van der Waals surface area contributed by atoms with E-state index in [0.717, 1.165) is 0 Å². The van der Waals surface area contributed by atoms with Crippen LogP contribution in [-0.4, -0.2) is 50.3 Å². The molecular formula is C15H22FN3O2. The lowest BCUT2D eigenvalue weighted by atomic mass is 10.2.